The van der Waals surface area contributed by atoms with Crippen LogP contribution in [-0.4, -0.2) is 15.5 Å². The molecule has 19 heavy (non-hydrogen) atoms. The van der Waals surface area contributed by atoms with Crippen molar-refractivity contribution >= 4 is 22.5 Å². The number of hydrogen-bond donors (Lipinski definition) is 1. The standard InChI is InChI=1S/C14H13N3O2/c1-8-7-16-13(19-8)14(18)17-9(2)12(15)10-5-3-4-6-11(10)17/h3-7H,15H2,1-2H3. The van der Waals surface area contributed by atoms with Crippen LogP contribution >= 0.6 is 0 Å². The Morgan fingerprint density at radius 1 is 1.32 bits per heavy atom. The number of para-hydroxylation sites is 1. The molecular weight excluding hydrogens is 242 g/mol. The normalized spacial score (nSPS) is 11.1. The molecule has 2 N–H and O–H groups in total. The number of benzene rings is 1. The van der Waals surface area contributed by atoms with Gasteiger partial charge >= 0.3 is 5.91 Å². The monoisotopic (exact) mass is 255 g/mol. The van der Waals surface area contributed by atoms with Crippen LogP contribution in [0, 0.1) is 13.8 Å². The number of anilines is 1. The molecule has 2 heterocycles. The third-order valence-electron chi connectivity index (χ3n) is 3.17. The van der Waals surface area contributed by atoms with Gasteiger partial charge in [-0.3, -0.25) is 9.36 Å². The van der Waals surface area contributed by atoms with Gasteiger partial charge in [-0.1, -0.05) is 18.2 Å². The lowest BCUT2D eigenvalue weighted by Gasteiger charge is -2.03. The van der Waals surface area contributed by atoms with Gasteiger partial charge in [0.05, 0.1) is 17.4 Å². The maximum Gasteiger partial charge on any atom is 0.318 e. The molecule has 3 aromatic rings. The van der Waals surface area contributed by atoms with E-state index in [1.807, 2.05) is 31.2 Å². The summed E-state index contributed by atoms with van der Waals surface area (Å²) in [6.07, 6.45) is 1.53. The fourth-order valence-corrected chi connectivity index (χ4v) is 2.20. The molecule has 3 rings (SSSR count). The second-order valence-electron chi connectivity index (χ2n) is 4.43. The summed E-state index contributed by atoms with van der Waals surface area (Å²) in [6.45, 7) is 3.56. The van der Waals surface area contributed by atoms with Crippen molar-refractivity contribution in [3.8, 4) is 0 Å². The number of nitrogen functional groups attached to an aromatic ring is 1. The molecule has 0 aliphatic heterocycles. The lowest BCUT2D eigenvalue weighted by Crippen LogP contribution is -2.14. The molecule has 2 aromatic heterocycles. The molecule has 0 amide bonds. The van der Waals surface area contributed by atoms with Gasteiger partial charge < -0.3 is 10.2 Å². The summed E-state index contributed by atoms with van der Waals surface area (Å²) in [5.74, 6) is 0.366. The molecule has 0 spiro atoms. The molecule has 0 atom stereocenters. The fraction of sp³-hybridized carbons (Fsp3) is 0.143. The lowest BCUT2D eigenvalue weighted by molar-refractivity contribution is 0.0927. The number of aryl methyl sites for hydroxylation is 1. The maximum atomic E-state index is 12.5. The van der Waals surface area contributed by atoms with Crippen molar-refractivity contribution in [3.63, 3.8) is 0 Å². The van der Waals surface area contributed by atoms with Crippen molar-refractivity contribution in [3.05, 3.63) is 47.8 Å². The smallest absolute Gasteiger partial charge is 0.318 e. The summed E-state index contributed by atoms with van der Waals surface area (Å²) in [6, 6.07) is 7.50. The van der Waals surface area contributed by atoms with Crippen LogP contribution in [0.3, 0.4) is 0 Å². The van der Waals surface area contributed by atoms with Gasteiger partial charge in [0.1, 0.15) is 5.76 Å². The predicted molar refractivity (Wildman–Crippen MR) is 72.1 cm³/mol. The molecule has 96 valence electrons. The molecule has 0 unspecified atom stereocenters. The predicted octanol–water partition coefficient (Wildman–Crippen LogP) is 2.52. The Balaban J connectivity index is 2.25. The molecule has 0 fully saturated rings. The molecule has 0 saturated carbocycles. The second kappa shape index (κ2) is 3.98. The first-order chi connectivity index (χ1) is 9.09. The second-order valence-corrected chi connectivity index (χ2v) is 4.43. The number of oxazole rings is 1. The van der Waals surface area contributed by atoms with Gasteiger partial charge in [0, 0.05) is 11.1 Å². The van der Waals surface area contributed by atoms with Crippen molar-refractivity contribution in [1.29, 1.82) is 0 Å². The van der Waals surface area contributed by atoms with E-state index in [9.17, 15) is 4.79 Å². The average Bonchev–Trinajstić information content (AvgIpc) is 2.94. The van der Waals surface area contributed by atoms with Crippen molar-refractivity contribution in [2.75, 3.05) is 5.73 Å². The Hall–Kier alpha value is -2.56. The molecular formula is C14H13N3O2. The van der Waals surface area contributed by atoms with E-state index in [4.69, 9.17) is 10.2 Å². The molecule has 0 radical (unpaired) electrons. The number of nitrogens with two attached hydrogens (primary N) is 1. The van der Waals surface area contributed by atoms with E-state index in [2.05, 4.69) is 4.98 Å². The average molecular weight is 255 g/mol. The summed E-state index contributed by atoms with van der Waals surface area (Å²) >= 11 is 0. The molecule has 0 aliphatic carbocycles. The van der Waals surface area contributed by atoms with Crippen LogP contribution in [0.25, 0.3) is 10.9 Å². The number of hydrogen-bond acceptors (Lipinski definition) is 4. The van der Waals surface area contributed by atoms with E-state index in [-0.39, 0.29) is 11.8 Å². The Morgan fingerprint density at radius 2 is 2.05 bits per heavy atom. The first-order valence-corrected chi connectivity index (χ1v) is 5.92. The van der Waals surface area contributed by atoms with Crippen LogP contribution < -0.4 is 5.73 Å². The molecule has 1 aromatic carbocycles. The van der Waals surface area contributed by atoms with Crippen LogP contribution in [0.5, 0.6) is 0 Å². The van der Waals surface area contributed by atoms with E-state index < -0.39 is 0 Å². The van der Waals surface area contributed by atoms with Gasteiger partial charge in [-0.15, -0.1) is 0 Å². The minimum absolute atomic E-state index is 0.0707. The van der Waals surface area contributed by atoms with Crippen molar-refractivity contribution in [2.24, 2.45) is 0 Å². The zero-order chi connectivity index (χ0) is 13.6. The van der Waals surface area contributed by atoms with E-state index in [1.54, 1.807) is 6.92 Å². The highest BCUT2D eigenvalue weighted by Gasteiger charge is 2.21. The minimum atomic E-state index is -0.307. The molecule has 5 heteroatoms. The largest absolute Gasteiger partial charge is 0.438 e. The van der Waals surface area contributed by atoms with E-state index in [0.29, 0.717) is 17.1 Å². The highest BCUT2D eigenvalue weighted by Crippen LogP contribution is 2.28. The summed E-state index contributed by atoms with van der Waals surface area (Å²) in [5.41, 5.74) is 8.10. The van der Waals surface area contributed by atoms with E-state index in [1.165, 1.54) is 10.8 Å². The van der Waals surface area contributed by atoms with Gasteiger partial charge in [0.15, 0.2) is 0 Å². The van der Waals surface area contributed by atoms with Gasteiger partial charge in [0.2, 0.25) is 0 Å². The van der Waals surface area contributed by atoms with Crippen LogP contribution in [0.1, 0.15) is 22.1 Å². The maximum absolute atomic E-state index is 12.5. The third kappa shape index (κ3) is 1.62. The number of carbonyl (C=O) groups is 1. The highest BCUT2D eigenvalue weighted by atomic mass is 16.4. The molecule has 0 bridgehead atoms. The Labute approximate surface area is 109 Å². The quantitative estimate of drug-likeness (QED) is 0.725. The number of aromatic nitrogens is 2. The first kappa shape index (κ1) is 11.5. The Kier molecular flexibility index (Phi) is 2.41. The zero-order valence-corrected chi connectivity index (χ0v) is 10.7. The van der Waals surface area contributed by atoms with Crippen LogP contribution in [0.2, 0.25) is 0 Å². The SMILES string of the molecule is Cc1cnc(C(=O)n2c(C)c(N)c3ccccc32)o1. The van der Waals surface area contributed by atoms with Gasteiger partial charge in [-0.05, 0) is 19.9 Å². The topological polar surface area (TPSA) is 74.0 Å². The van der Waals surface area contributed by atoms with Gasteiger partial charge in [-0.2, -0.15) is 0 Å². The molecule has 5 nitrogen and oxygen atoms in total. The van der Waals surface area contributed by atoms with Gasteiger partial charge in [0.25, 0.3) is 5.89 Å². The fourth-order valence-electron chi connectivity index (χ4n) is 2.20. The van der Waals surface area contributed by atoms with Crippen molar-refractivity contribution in [1.82, 2.24) is 9.55 Å². The lowest BCUT2D eigenvalue weighted by atomic mass is 10.2. The van der Waals surface area contributed by atoms with Gasteiger partial charge in [-0.25, -0.2) is 4.98 Å². The first-order valence-electron chi connectivity index (χ1n) is 5.92. The third-order valence-corrected chi connectivity index (χ3v) is 3.17. The van der Waals surface area contributed by atoms with Crippen LogP contribution in [0.4, 0.5) is 5.69 Å². The summed E-state index contributed by atoms with van der Waals surface area (Å²) in [5, 5.41) is 0.858. The summed E-state index contributed by atoms with van der Waals surface area (Å²) in [7, 11) is 0. The summed E-state index contributed by atoms with van der Waals surface area (Å²) < 4.78 is 6.83. The van der Waals surface area contributed by atoms with Crippen LogP contribution in [-0.2, 0) is 0 Å². The zero-order valence-electron chi connectivity index (χ0n) is 10.7. The number of fused-ring (bicyclic) bond motifs is 1. The minimum Gasteiger partial charge on any atom is -0.438 e. The molecule has 0 saturated heterocycles. The number of rotatable bonds is 1. The Morgan fingerprint density at radius 3 is 2.74 bits per heavy atom. The Bertz CT molecular complexity index is 783. The van der Waals surface area contributed by atoms with E-state index in [0.717, 1.165) is 10.9 Å². The summed E-state index contributed by atoms with van der Waals surface area (Å²) in [4.78, 5) is 16.4. The number of carbonyl (C=O) groups excluding carboxylic acids is 1. The van der Waals surface area contributed by atoms with E-state index >= 15 is 0 Å². The van der Waals surface area contributed by atoms with Crippen LogP contribution in [0.15, 0.2) is 34.9 Å². The van der Waals surface area contributed by atoms with Crippen molar-refractivity contribution in [2.45, 2.75) is 13.8 Å². The highest BCUT2D eigenvalue weighted by molar-refractivity contribution is 6.05. The molecule has 0 aliphatic rings. The number of nitrogens with zero attached hydrogens (tertiary/aromatic N) is 2. The van der Waals surface area contributed by atoms with Crippen molar-refractivity contribution < 1.29 is 9.21 Å².